The molecule has 0 amide bonds. The normalized spacial score (nSPS) is 11.4. The Morgan fingerprint density at radius 2 is 0.794 bits per heavy atom. The standard InChI is InChI=1S/C33H65N/c1-6-8-10-11-12-13-17-22-27-33(5)28-23-18-15-20-25-31-34(29-9-7-2)30-24-19-14-16-21-26-32(3)4/h3,5-31H2,1-2,4H3. The first-order valence-corrected chi connectivity index (χ1v) is 15.6. The van der Waals surface area contributed by atoms with Gasteiger partial charge in [0.2, 0.25) is 0 Å². The minimum Gasteiger partial charge on any atom is -0.303 e. The third-order valence-electron chi connectivity index (χ3n) is 7.29. The predicted octanol–water partition coefficient (Wildman–Crippen LogP) is 11.4. The van der Waals surface area contributed by atoms with Crippen LogP contribution in [-0.4, -0.2) is 24.5 Å². The highest BCUT2D eigenvalue weighted by molar-refractivity contribution is 4.93. The van der Waals surface area contributed by atoms with Gasteiger partial charge in [0.1, 0.15) is 0 Å². The van der Waals surface area contributed by atoms with Crippen LogP contribution in [0.3, 0.4) is 0 Å². The van der Waals surface area contributed by atoms with Crippen LogP contribution in [0, 0.1) is 0 Å². The van der Waals surface area contributed by atoms with Crippen molar-refractivity contribution in [2.75, 3.05) is 19.6 Å². The number of nitrogens with zero attached hydrogens (tertiary/aromatic N) is 1. The Morgan fingerprint density at radius 1 is 0.441 bits per heavy atom. The number of unbranched alkanes of at least 4 members (excludes halogenated alkanes) is 16. The zero-order chi connectivity index (χ0) is 25.1. The molecule has 0 radical (unpaired) electrons. The van der Waals surface area contributed by atoms with Crippen molar-refractivity contribution in [1.29, 1.82) is 0 Å². The van der Waals surface area contributed by atoms with Crippen LogP contribution < -0.4 is 0 Å². The van der Waals surface area contributed by atoms with Crippen molar-refractivity contribution in [1.82, 2.24) is 4.90 Å². The van der Waals surface area contributed by atoms with Gasteiger partial charge in [0.25, 0.3) is 0 Å². The second-order valence-electron chi connectivity index (χ2n) is 11.2. The summed E-state index contributed by atoms with van der Waals surface area (Å²) in [5.41, 5.74) is 2.85. The van der Waals surface area contributed by atoms with Crippen LogP contribution in [0.5, 0.6) is 0 Å². The molecule has 0 atom stereocenters. The van der Waals surface area contributed by atoms with Crippen LogP contribution in [0.4, 0.5) is 0 Å². The highest BCUT2D eigenvalue weighted by Crippen LogP contribution is 2.17. The van der Waals surface area contributed by atoms with Crippen LogP contribution in [0.2, 0.25) is 0 Å². The summed E-state index contributed by atoms with van der Waals surface area (Å²) in [7, 11) is 0. The van der Waals surface area contributed by atoms with E-state index < -0.39 is 0 Å². The first kappa shape index (κ1) is 33.4. The first-order chi connectivity index (χ1) is 16.6. The first-order valence-electron chi connectivity index (χ1n) is 15.6. The monoisotopic (exact) mass is 476 g/mol. The molecule has 0 aromatic carbocycles. The molecule has 0 unspecified atom stereocenters. The maximum Gasteiger partial charge on any atom is -0.00187 e. The van der Waals surface area contributed by atoms with E-state index >= 15 is 0 Å². The van der Waals surface area contributed by atoms with E-state index in [-0.39, 0.29) is 0 Å². The average Bonchev–Trinajstić information content (AvgIpc) is 2.82. The number of allylic oxidation sites excluding steroid dienone is 2. The highest BCUT2D eigenvalue weighted by Gasteiger charge is 2.04. The van der Waals surface area contributed by atoms with E-state index in [1.54, 1.807) is 0 Å². The van der Waals surface area contributed by atoms with Crippen molar-refractivity contribution < 1.29 is 0 Å². The lowest BCUT2D eigenvalue weighted by atomic mass is 10.0. The molecule has 0 saturated carbocycles. The van der Waals surface area contributed by atoms with Gasteiger partial charge in [-0.2, -0.15) is 0 Å². The summed E-state index contributed by atoms with van der Waals surface area (Å²) in [4.78, 5) is 2.75. The fourth-order valence-corrected chi connectivity index (χ4v) is 4.88. The van der Waals surface area contributed by atoms with E-state index in [1.807, 2.05) is 0 Å². The molecule has 0 bridgehead atoms. The van der Waals surface area contributed by atoms with Gasteiger partial charge in [-0.05, 0) is 84.3 Å². The summed E-state index contributed by atoms with van der Waals surface area (Å²) >= 11 is 0. The van der Waals surface area contributed by atoms with Crippen LogP contribution >= 0.6 is 0 Å². The molecule has 1 nitrogen and oxygen atoms in total. The Hall–Kier alpha value is -0.560. The molecule has 0 saturated heterocycles. The van der Waals surface area contributed by atoms with Crippen molar-refractivity contribution >= 4 is 0 Å². The molecule has 0 spiro atoms. The SMILES string of the molecule is C=C(C)CCCCCCCN(CCCC)CCCCCCCC(=C)CCCCCCCCCC. The van der Waals surface area contributed by atoms with Gasteiger partial charge in [-0.1, -0.05) is 121 Å². The molecule has 0 fully saturated rings. The van der Waals surface area contributed by atoms with E-state index in [0.717, 1.165) is 0 Å². The molecule has 0 aromatic heterocycles. The van der Waals surface area contributed by atoms with E-state index in [1.165, 1.54) is 178 Å². The summed E-state index contributed by atoms with van der Waals surface area (Å²) in [6.45, 7) is 19.1. The minimum atomic E-state index is 1.22. The summed E-state index contributed by atoms with van der Waals surface area (Å²) in [5, 5.41) is 0. The summed E-state index contributed by atoms with van der Waals surface area (Å²) in [6, 6.07) is 0. The van der Waals surface area contributed by atoms with Crippen LogP contribution in [0.15, 0.2) is 24.3 Å². The number of hydrogen-bond donors (Lipinski definition) is 0. The Balaban J connectivity index is 3.59. The summed E-state index contributed by atoms with van der Waals surface area (Å²) < 4.78 is 0. The molecule has 0 aromatic rings. The smallest absolute Gasteiger partial charge is 0.00187 e. The molecule has 202 valence electrons. The van der Waals surface area contributed by atoms with Crippen molar-refractivity contribution in [3.63, 3.8) is 0 Å². The maximum atomic E-state index is 4.35. The average molecular weight is 476 g/mol. The Kier molecular flexibility index (Phi) is 26.6. The van der Waals surface area contributed by atoms with Crippen LogP contribution in [0.25, 0.3) is 0 Å². The van der Waals surface area contributed by atoms with E-state index in [0.29, 0.717) is 0 Å². The molecule has 0 aliphatic carbocycles. The van der Waals surface area contributed by atoms with Gasteiger partial charge in [-0.3, -0.25) is 0 Å². The highest BCUT2D eigenvalue weighted by atomic mass is 15.1. The number of rotatable bonds is 28. The van der Waals surface area contributed by atoms with E-state index in [2.05, 4.69) is 38.8 Å². The summed E-state index contributed by atoms with van der Waals surface area (Å²) in [6.07, 6.45) is 31.6. The van der Waals surface area contributed by atoms with Crippen LogP contribution in [0.1, 0.15) is 168 Å². The quantitative estimate of drug-likeness (QED) is 0.0803. The topological polar surface area (TPSA) is 3.24 Å². The third-order valence-corrected chi connectivity index (χ3v) is 7.29. The Bertz CT molecular complexity index is 438. The van der Waals surface area contributed by atoms with Gasteiger partial charge in [0.15, 0.2) is 0 Å². The van der Waals surface area contributed by atoms with Gasteiger partial charge in [-0.15, -0.1) is 6.58 Å². The molecule has 0 N–H and O–H groups in total. The second kappa shape index (κ2) is 27.0. The van der Waals surface area contributed by atoms with Crippen LogP contribution in [-0.2, 0) is 0 Å². The zero-order valence-corrected chi connectivity index (χ0v) is 24.2. The molecule has 0 heterocycles. The largest absolute Gasteiger partial charge is 0.303 e. The second-order valence-corrected chi connectivity index (χ2v) is 11.2. The minimum absolute atomic E-state index is 1.22. The molecule has 1 heteroatoms. The predicted molar refractivity (Wildman–Crippen MR) is 158 cm³/mol. The Morgan fingerprint density at radius 3 is 1.24 bits per heavy atom. The molecule has 0 aliphatic rings. The number of hydrogen-bond acceptors (Lipinski definition) is 1. The lowest BCUT2D eigenvalue weighted by Crippen LogP contribution is -2.27. The molecule has 0 aliphatic heterocycles. The molecular weight excluding hydrogens is 410 g/mol. The van der Waals surface area contributed by atoms with Gasteiger partial charge < -0.3 is 4.90 Å². The molecule has 0 rings (SSSR count). The van der Waals surface area contributed by atoms with Crippen molar-refractivity contribution in [2.24, 2.45) is 0 Å². The van der Waals surface area contributed by atoms with Crippen molar-refractivity contribution in [2.45, 2.75) is 168 Å². The lowest BCUT2D eigenvalue weighted by molar-refractivity contribution is 0.256. The molecular formula is C33H65N. The van der Waals surface area contributed by atoms with Gasteiger partial charge in [0.05, 0.1) is 0 Å². The summed E-state index contributed by atoms with van der Waals surface area (Å²) in [5.74, 6) is 0. The third kappa shape index (κ3) is 26.1. The fourth-order valence-electron chi connectivity index (χ4n) is 4.88. The van der Waals surface area contributed by atoms with E-state index in [9.17, 15) is 0 Å². The van der Waals surface area contributed by atoms with E-state index in [4.69, 9.17) is 0 Å². The molecule has 34 heavy (non-hydrogen) atoms. The van der Waals surface area contributed by atoms with Gasteiger partial charge >= 0.3 is 0 Å². The van der Waals surface area contributed by atoms with Crippen molar-refractivity contribution in [3.05, 3.63) is 24.3 Å². The van der Waals surface area contributed by atoms with Gasteiger partial charge in [0, 0.05) is 0 Å². The zero-order valence-electron chi connectivity index (χ0n) is 24.2. The maximum absolute atomic E-state index is 4.35. The lowest BCUT2D eigenvalue weighted by Gasteiger charge is -2.22. The van der Waals surface area contributed by atoms with Gasteiger partial charge in [-0.25, -0.2) is 0 Å². The van der Waals surface area contributed by atoms with Crippen molar-refractivity contribution in [3.8, 4) is 0 Å². The Labute approximate surface area is 217 Å². The fraction of sp³-hybridized carbons (Fsp3) is 0.879.